The van der Waals surface area contributed by atoms with Crippen molar-refractivity contribution in [2.24, 2.45) is 0 Å². The molecule has 0 saturated heterocycles. The molecule has 0 aliphatic heterocycles. The molecule has 2 heteroatoms. The lowest BCUT2D eigenvalue weighted by molar-refractivity contribution is 0.244. The second kappa shape index (κ2) is 3.28. The number of rotatable bonds is 2. The Morgan fingerprint density at radius 1 is 1.55 bits per heavy atom. The average Bonchev–Trinajstić information content (AvgIpc) is 1.93. The van der Waals surface area contributed by atoms with E-state index in [0.717, 1.165) is 5.75 Å². The molecule has 0 aliphatic rings. The third kappa shape index (κ3) is 2.15. The summed E-state index contributed by atoms with van der Waals surface area (Å²) in [6, 6.07) is 8.18. The van der Waals surface area contributed by atoms with E-state index >= 15 is 0 Å². The number of benzene rings is 1. The van der Waals surface area contributed by atoms with Crippen LogP contribution in [0, 0.1) is 6.07 Å². The zero-order chi connectivity index (χ0) is 8.27. The second-order valence-electron chi connectivity index (χ2n) is 2.63. The van der Waals surface area contributed by atoms with E-state index in [1.807, 2.05) is 19.9 Å². The molecule has 2 N–H and O–H groups in total. The van der Waals surface area contributed by atoms with Crippen molar-refractivity contribution < 1.29 is 4.74 Å². The van der Waals surface area contributed by atoms with Crippen molar-refractivity contribution in [2.75, 3.05) is 5.73 Å². The van der Waals surface area contributed by atoms with E-state index in [9.17, 15) is 0 Å². The molecule has 2 nitrogen and oxygen atoms in total. The highest BCUT2D eigenvalue weighted by Crippen LogP contribution is 2.20. The first-order valence-electron chi connectivity index (χ1n) is 3.62. The van der Waals surface area contributed by atoms with Crippen LogP contribution < -0.4 is 10.5 Å². The van der Waals surface area contributed by atoms with Crippen LogP contribution in [0.1, 0.15) is 13.8 Å². The molecule has 1 rings (SSSR count). The Bertz CT molecular complexity index is 233. The van der Waals surface area contributed by atoms with Crippen LogP contribution in [-0.2, 0) is 0 Å². The fourth-order valence-corrected chi connectivity index (χ4v) is 0.790. The van der Waals surface area contributed by atoms with Crippen molar-refractivity contribution in [1.29, 1.82) is 0 Å². The van der Waals surface area contributed by atoms with E-state index in [-0.39, 0.29) is 6.10 Å². The van der Waals surface area contributed by atoms with Crippen molar-refractivity contribution in [3.05, 3.63) is 24.3 Å². The van der Waals surface area contributed by atoms with E-state index in [4.69, 9.17) is 10.5 Å². The molecule has 0 unspecified atom stereocenters. The molecule has 0 fully saturated rings. The largest absolute Gasteiger partial charge is 0.489 e. The van der Waals surface area contributed by atoms with Crippen molar-refractivity contribution in [3.8, 4) is 5.75 Å². The molecule has 1 radical (unpaired) electrons. The first-order valence-corrected chi connectivity index (χ1v) is 3.62. The lowest BCUT2D eigenvalue weighted by atomic mass is 10.3. The van der Waals surface area contributed by atoms with Gasteiger partial charge in [0.25, 0.3) is 0 Å². The highest BCUT2D eigenvalue weighted by Gasteiger charge is 1.99. The van der Waals surface area contributed by atoms with Crippen LogP contribution in [0.4, 0.5) is 5.69 Å². The van der Waals surface area contributed by atoms with Crippen LogP contribution in [0.15, 0.2) is 18.2 Å². The third-order valence-corrected chi connectivity index (χ3v) is 1.22. The number of nitrogen functional groups attached to an aromatic ring is 1. The number of hydrogen-bond acceptors (Lipinski definition) is 2. The van der Waals surface area contributed by atoms with Crippen molar-refractivity contribution in [3.63, 3.8) is 0 Å². The van der Waals surface area contributed by atoms with Crippen LogP contribution in [0.3, 0.4) is 0 Å². The lowest BCUT2D eigenvalue weighted by Gasteiger charge is -2.10. The summed E-state index contributed by atoms with van der Waals surface area (Å²) in [5, 5.41) is 0. The SMILES string of the molecule is CC(C)Oc1cc[c]cc1N. The molecule has 0 aromatic heterocycles. The molecular weight excluding hydrogens is 138 g/mol. The summed E-state index contributed by atoms with van der Waals surface area (Å²) in [5.74, 6) is 0.735. The van der Waals surface area contributed by atoms with E-state index in [1.54, 1.807) is 12.1 Å². The van der Waals surface area contributed by atoms with Gasteiger partial charge in [-0.1, -0.05) is 6.07 Å². The van der Waals surface area contributed by atoms with Crippen LogP contribution in [0.25, 0.3) is 0 Å². The molecule has 1 aromatic rings. The zero-order valence-corrected chi connectivity index (χ0v) is 6.79. The molecule has 0 spiro atoms. The quantitative estimate of drug-likeness (QED) is 0.653. The van der Waals surface area contributed by atoms with Crippen LogP contribution >= 0.6 is 0 Å². The Balaban J connectivity index is 2.78. The van der Waals surface area contributed by atoms with Gasteiger partial charge in [0.1, 0.15) is 5.75 Å². The highest BCUT2D eigenvalue weighted by atomic mass is 16.5. The molecule has 1 aromatic carbocycles. The summed E-state index contributed by atoms with van der Waals surface area (Å²) in [6.07, 6.45) is 0.166. The van der Waals surface area contributed by atoms with Gasteiger partial charge in [0.05, 0.1) is 11.8 Å². The molecule has 0 saturated carbocycles. The minimum absolute atomic E-state index is 0.166. The van der Waals surface area contributed by atoms with Crippen LogP contribution in [0.2, 0.25) is 0 Å². The highest BCUT2D eigenvalue weighted by molar-refractivity contribution is 5.51. The molecule has 0 heterocycles. The number of hydrogen-bond donors (Lipinski definition) is 1. The first-order chi connectivity index (χ1) is 5.20. The smallest absolute Gasteiger partial charge is 0.142 e. The van der Waals surface area contributed by atoms with E-state index < -0.39 is 0 Å². The normalized spacial score (nSPS) is 10.1. The minimum Gasteiger partial charge on any atom is -0.489 e. The predicted octanol–water partition coefficient (Wildman–Crippen LogP) is 1.86. The molecule has 0 aliphatic carbocycles. The average molecular weight is 150 g/mol. The van der Waals surface area contributed by atoms with Gasteiger partial charge >= 0.3 is 0 Å². The Morgan fingerprint density at radius 3 is 2.82 bits per heavy atom. The summed E-state index contributed by atoms with van der Waals surface area (Å²) < 4.78 is 5.40. The van der Waals surface area contributed by atoms with Gasteiger partial charge in [-0.15, -0.1) is 0 Å². The zero-order valence-electron chi connectivity index (χ0n) is 6.79. The van der Waals surface area contributed by atoms with Gasteiger partial charge in [0.2, 0.25) is 0 Å². The summed E-state index contributed by atoms with van der Waals surface area (Å²) in [5.41, 5.74) is 6.25. The fourth-order valence-electron chi connectivity index (χ4n) is 0.790. The second-order valence-corrected chi connectivity index (χ2v) is 2.63. The third-order valence-electron chi connectivity index (χ3n) is 1.22. The van der Waals surface area contributed by atoms with Gasteiger partial charge in [-0.25, -0.2) is 0 Å². The maximum atomic E-state index is 5.61. The van der Waals surface area contributed by atoms with Gasteiger partial charge in [-0.3, -0.25) is 0 Å². The van der Waals surface area contributed by atoms with Crippen molar-refractivity contribution in [1.82, 2.24) is 0 Å². The minimum atomic E-state index is 0.166. The van der Waals surface area contributed by atoms with Gasteiger partial charge in [-0.05, 0) is 32.0 Å². The molecule has 59 valence electrons. The number of anilines is 1. The Hall–Kier alpha value is -1.18. The van der Waals surface area contributed by atoms with Gasteiger partial charge in [-0.2, -0.15) is 0 Å². The Kier molecular flexibility index (Phi) is 2.36. The van der Waals surface area contributed by atoms with E-state index in [2.05, 4.69) is 6.07 Å². The van der Waals surface area contributed by atoms with Gasteiger partial charge < -0.3 is 10.5 Å². The van der Waals surface area contributed by atoms with E-state index in [0.29, 0.717) is 5.69 Å². The van der Waals surface area contributed by atoms with Crippen molar-refractivity contribution in [2.45, 2.75) is 20.0 Å². The maximum Gasteiger partial charge on any atom is 0.142 e. The Morgan fingerprint density at radius 2 is 2.27 bits per heavy atom. The van der Waals surface area contributed by atoms with Gasteiger partial charge in [0, 0.05) is 0 Å². The molecular formula is C9H12NO. The Labute approximate surface area is 67.0 Å². The molecule has 0 atom stereocenters. The maximum absolute atomic E-state index is 5.61. The summed E-state index contributed by atoms with van der Waals surface area (Å²) >= 11 is 0. The van der Waals surface area contributed by atoms with E-state index in [1.165, 1.54) is 0 Å². The summed E-state index contributed by atoms with van der Waals surface area (Å²) in [4.78, 5) is 0. The summed E-state index contributed by atoms with van der Waals surface area (Å²) in [7, 11) is 0. The standard InChI is InChI=1S/C9H12NO/c1-7(2)11-9-6-4-3-5-8(9)10/h4-7H,10H2,1-2H3. The lowest BCUT2D eigenvalue weighted by Crippen LogP contribution is -2.07. The fraction of sp³-hybridized carbons (Fsp3) is 0.333. The molecule has 0 bridgehead atoms. The molecule has 11 heavy (non-hydrogen) atoms. The number of nitrogens with two attached hydrogens (primary N) is 1. The first kappa shape index (κ1) is 7.92. The van der Waals surface area contributed by atoms with Crippen LogP contribution in [-0.4, -0.2) is 6.10 Å². The summed E-state index contributed by atoms with van der Waals surface area (Å²) in [6.45, 7) is 3.94. The molecule has 0 amide bonds. The monoisotopic (exact) mass is 150 g/mol. The van der Waals surface area contributed by atoms with Crippen molar-refractivity contribution >= 4 is 5.69 Å². The topological polar surface area (TPSA) is 35.2 Å². The number of ether oxygens (including phenoxy) is 1. The predicted molar refractivity (Wildman–Crippen MR) is 45.5 cm³/mol. The van der Waals surface area contributed by atoms with Gasteiger partial charge in [0.15, 0.2) is 0 Å². The van der Waals surface area contributed by atoms with Crippen LogP contribution in [0.5, 0.6) is 5.75 Å².